The molecule has 1 aromatic heterocycles. The van der Waals surface area contributed by atoms with Gasteiger partial charge in [0.2, 0.25) is 0 Å². The molecule has 3 aromatic rings. The van der Waals surface area contributed by atoms with E-state index in [-0.39, 0.29) is 0 Å². The van der Waals surface area contributed by atoms with Crippen LogP contribution < -0.4 is 4.74 Å². The number of aromatic nitrogens is 3. The van der Waals surface area contributed by atoms with E-state index in [0.29, 0.717) is 28.3 Å². The van der Waals surface area contributed by atoms with Gasteiger partial charge in [0.05, 0.1) is 0 Å². The highest BCUT2D eigenvalue weighted by atomic mass is 35.5. The third-order valence-corrected chi connectivity index (χ3v) is 6.13. The van der Waals surface area contributed by atoms with Gasteiger partial charge >= 0.3 is 0 Å². The maximum atomic E-state index is 6.26. The van der Waals surface area contributed by atoms with Gasteiger partial charge in [0, 0.05) is 22.3 Å². The maximum absolute atomic E-state index is 6.26. The van der Waals surface area contributed by atoms with E-state index in [1.165, 1.54) is 5.56 Å². The van der Waals surface area contributed by atoms with Crippen molar-refractivity contribution in [2.24, 2.45) is 0 Å². The Hall–Kier alpha value is -1.69. The molecule has 0 saturated carbocycles. The summed E-state index contributed by atoms with van der Waals surface area (Å²) in [6.45, 7) is 7.55. The fraction of sp³-hybridized carbons (Fsp3) is 0.333. The molecule has 0 saturated heterocycles. The van der Waals surface area contributed by atoms with Gasteiger partial charge in [-0.05, 0) is 48.2 Å². The predicted octanol–water partition coefficient (Wildman–Crippen LogP) is 6.60. The Morgan fingerprint density at radius 1 is 1.04 bits per heavy atom. The van der Waals surface area contributed by atoms with E-state index < -0.39 is 0 Å². The third kappa shape index (κ3) is 5.02. The number of ether oxygens (including phenoxy) is 1. The van der Waals surface area contributed by atoms with E-state index in [1.54, 1.807) is 11.8 Å². The van der Waals surface area contributed by atoms with Crippen LogP contribution in [0.2, 0.25) is 10.0 Å². The highest BCUT2D eigenvalue weighted by molar-refractivity contribution is 7.98. The fourth-order valence-corrected chi connectivity index (χ4v) is 4.52. The number of halogens is 2. The Kier molecular flexibility index (Phi) is 7.27. The lowest BCUT2D eigenvalue weighted by Crippen LogP contribution is -2.07. The Morgan fingerprint density at radius 2 is 1.71 bits per heavy atom. The summed E-state index contributed by atoms with van der Waals surface area (Å²) in [6.07, 6.45) is 0. The van der Waals surface area contributed by atoms with Crippen LogP contribution in [0.1, 0.15) is 43.6 Å². The SMILES string of the molecule is CCn1c(COc2ccc(C(C)C)cc2)nnc1SCc1c(Cl)cccc1Cl. The van der Waals surface area contributed by atoms with Gasteiger partial charge in [0.15, 0.2) is 11.0 Å². The molecule has 2 aromatic carbocycles. The highest BCUT2D eigenvalue weighted by Crippen LogP contribution is 2.31. The summed E-state index contributed by atoms with van der Waals surface area (Å²) in [7, 11) is 0. The van der Waals surface area contributed by atoms with Gasteiger partial charge in [0.25, 0.3) is 0 Å². The summed E-state index contributed by atoms with van der Waals surface area (Å²) in [5.41, 5.74) is 2.20. The summed E-state index contributed by atoms with van der Waals surface area (Å²) >= 11 is 14.1. The summed E-state index contributed by atoms with van der Waals surface area (Å²) in [4.78, 5) is 0. The average molecular weight is 436 g/mol. The van der Waals surface area contributed by atoms with Crippen LogP contribution >= 0.6 is 35.0 Å². The Bertz CT molecular complexity index is 906. The molecule has 148 valence electrons. The lowest BCUT2D eigenvalue weighted by atomic mass is 10.0. The first-order valence-corrected chi connectivity index (χ1v) is 10.9. The van der Waals surface area contributed by atoms with Crippen molar-refractivity contribution in [3.63, 3.8) is 0 Å². The van der Waals surface area contributed by atoms with Gasteiger partial charge in [-0.3, -0.25) is 0 Å². The summed E-state index contributed by atoms with van der Waals surface area (Å²) in [5.74, 6) is 2.76. The molecule has 0 radical (unpaired) electrons. The van der Waals surface area contributed by atoms with Gasteiger partial charge in [-0.2, -0.15) is 0 Å². The van der Waals surface area contributed by atoms with Crippen molar-refractivity contribution in [1.82, 2.24) is 14.8 Å². The molecule has 0 aliphatic carbocycles. The fourth-order valence-electron chi connectivity index (χ4n) is 2.75. The van der Waals surface area contributed by atoms with Crippen molar-refractivity contribution >= 4 is 35.0 Å². The van der Waals surface area contributed by atoms with Crippen molar-refractivity contribution in [1.29, 1.82) is 0 Å². The smallest absolute Gasteiger partial charge is 0.191 e. The second-order valence-corrected chi connectivity index (χ2v) is 8.40. The normalized spacial score (nSPS) is 11.2. The van der Waals surface area contributed by atoms with Crippen molar-refractivity contribution in [2.75, 3.05) is 0 Å². The molecule has 7 heteroatoms. The molecule has 0 unspecified atom stereocenters. The van der Waals surface area contributed by atoms with Crippen molar-refractivity contribution in [3.8, 4) is 5.75 Å². The van der Waals surface area contributed by atoms with E-state index in [0.717, 1.165) is 28.8 Å². The van der Waals surface area contributed by atoms with Crippen LogP contribution in [-0.2, 0) is 18.9 Å². The van der Waals surface area contributed by atoms with Crippen LogP contribution in [0.3, 0.4) is 0 Å². The monoisotopic (exact) mass is 435 g/mol. The molecular weight excluding hydrogens is 413 g/mol. The molecule has 0 N–H and O–H groups in total. The average Bonchev–Trinajstić information content (AvgIpc) is 3.08. The van der Waals surface area contributed by atoms with E-state index in [1.807, 2.05) is 30.3 Å². The van der Waals surface area contributed by atoms with E-state index in [2.05, 4.69) is 47.7 Å². The first-order valence-electron chi connectivity index (χ1n) is 9.20. The molecule has 4 nitrogen and oxygen atoms in total. The molecule has 0 amide bonds. The summed E-state index contributed by atoms with van der Waals surface area (Å²) < 4.78 is 7.96. The third-order valence-electron chi connectivity index (χ3n) is 4.43. The number of nitrogens with zero attached hydrogens (tertiary/aromatic N) is 3. The van der Waals surface area contributed by atoms with E-state index in [9.17, 15) is 0 Å². The Morgan fingerprint density at radius 3 is 2.32 bits per heavy atom. The molecule has 28 heavy (non-hydrogen) atoms. The van der Waals surface area contributed by atoms with E-state index >= 15 is 0 Å². The zero-order chi connectivity index (χ0) is 20.1. The highest BCUT2D eigenvalue weighted by Gasteiger charge is 2.14. The van der Waals surface area contributed by atoms with Gasteiger partial charge in [0.1, 0.15) is 12.4 Å². The molecule has 0 fully saturated rings. The molecule has 0 bridgehead atoms. The minimum atomic E-state index is 0.370. The Balaban J connectivity index is 1.66. The van der Waals surface area contributed by atoms with Gasteiger partial charge in [-0.25, -0.2) is 0 Å². The number of hydrogen-bond acceptors (Lipinski definition) is 4. The van der Waals surface area contributed by atoms with Crippen LogP contribution in [0, 0.1) is 0 Å². The standard InChI is InChI=1S/C21H23Cl2N3OS/c1-4-26-20(12-27-16-10-8-15(9-11-16)14(2)3)24-25-21(26)28-13-17-18(22)6-5-7-19(17)23/h5-11,14H,4,12-13H2,1-3H3. The molecule has 0 atom stereocenters. The minimum Gasteiger partial charge on any atom is -0.486 e. The molecule has 3 rings (SSSR count). The maximum Gasteiger partial charge on any atom is 0.191 e. The van der Waals surface area contributed by atoms with Crippen molar-refractivity contribution in [3.05, 3.63) is 69.5 Å². The van der Waals surface area contributed by atoms with Gasteiger partial charge < -0.3 is 9.30 Å². The zero-order valence-corrected chi connectivity index (χ0v) is 18.5. The molecular formula is C21H23Cl2N3OS. The van der Waals surface area contributed by atoms with Crippen LogP contribution in [-0.4, -0.2) is 14.8 Å². The molecule has 1 heterocycles. The van der Waals surface area contributed by atoms with Crippen molar-refractivity contribution in [2.45, 2.75) is 50.8 Å². The van der Waals surface area contributed by atoms with Crippen molar-refractivity contribution < 1.29 is 4.74 Å². The largest absolute Gasteiger partial charge is 0.486 e. The van der Waals surface area contributed by atoms with Gasteiger partial charge in [-0.15, -0.1) is 10.2 Å². The quantitative estimate of drug-likeness (QED) is 0.373. The minimum absolute atomic E-state index is 0.370. The molecule has 0 aliphatic heterocycles. The summed E-state index contributed by atoms with van der Waals surface area (Å²) in [5, 5.41) is 10.8. The van der Waals surface area contributed by atoms with Gasteiger partial charge in [-0.1, -0.05) is 67.0 Å². The number of rotatable bonds is 8. The van der Waals surface area contributed by atoms with Crippen LogP contribution in [0.25, 0.3) is 0 Å². The predicted molar refractivity (Wildman–Crippen MR) is 117 cm³/mol. The van der Waals surface area contributed by atoms with Crippen LogP contribution in [0.5, 0.6) is 5.75 Å². The summed E-state index contributed by atoms with van der Waals surface area (Å²) in [6, 6.07) is 13.7. The van der Waals surface area contributed by atoms with Crippen LogP contribution in [0.15, 0.2) is 47.6 Å². The Labute approximate surface area is 180 Å². The molecule has 0 aliphatic rings. The lowest BCUT2D eigenvalue weighted by molar-refractivity contribution is 0.288. The second kappa shape index (κ2) is 9.68. The molecule has 0 spiro atoms. The zero-order valence-electron chi connectivity index (χ0n) is 16.2. The second-order valence-electron chi connectivity index (χ2n) is 6.64. The lowest BCUT2D eigenvalue weighted by Gasteiger charge is -2.11. The number of thioether (sulfide) groups is 1. The topological polar surface area (TPSA) is 39.9 Å². The van der Waals surface area contributed by atoms with Crippen LogP contribution in [0.4, 0.5) is 0 Å². The first kappa shape index (κ1) is 21.0. The first-order chi connectivity index (χ1) is 13.5. The van der Waals surface area contributed by atoms with E-state index in [4.69, 9.17) is 27.9 Å². The number of hydrogen-bond donors (Lipinski definition) is 0. The number of benzene rings is 2.